The zero-order valence-electron chi connectivity index (χ0n) is 12.0. The molecule has 1 aromatic carbocycles. The van der Waals surface area contributed by atoms with Gasteiger partial charge in [0.2, 0.25) is 0 Å². The van der Waals surface area contributed by atoms with Crippen LogP contribution >= 0.6 is 15.9 Å². The lowest BCUT2D eigenvalue weighted by Gasteiger charge is -2.35. The summed E-state index contributed by atoms with van der Waals surface area (Å²) in [5, 5.41) is 11.2. The van der Waals surface area contributed by atoms with Crippen molar-refractivity contribution in [2.75, 3.05) is 11.9 Å². The van der Waals surface area contributed by atoms with Crippen molar-refractivity contribution >= 4 is 27.3 Å². The van der Waals surface area contributed by atoms with E-state index in [-0.39, 0.29) is 10.6 Å². The third-order valence-electron chi connectivity index (χ3n) is 4.46. The molecule has 1 fully saturated rings. The van der Waals surface area contributed by atoms with E-state index in [1.165, 1.54) is 19.3 Å². The van der Waals surface area contributed by atoms with Crippen LogP contribution in [0.5, 0.6) is 0 Å². The molecule has 0 spiro atoms. The second-order valence-electron chi connectivity index (χ2n) is 5.58. The lowest BCUT2D eigenvalue weighted by molar-refractivity contribution is -0.384. The summed E-state index contributed by atoms with van der Waals surface area (Å²) in [7, 11) is 1.98. The fourth-order valence-electron chi connectivity index (χ4n) is 3.08. The Morgan fingerprint density at radius 3 is 2.55 bits per heavy atom. The Kier molecular flexibility index (Phi) is 5.02. The Bertz CT molecular complexity index is 485. The van der Waals surface area contributed by atoms with Gasteiger partial charge in [0, 0.05) is 23.6 Å². The summed E-state index contributed by atoms with van der Waals surface area (Å²) in [6, 6.07) is 5.71. The van der Waals surface area contributed by atoms with Gasteiger partial charge in [-0.3, -0.25) is 10.1 Å². The van der Waals surface area contributed by atoms with E-state index in [2.05, 4.69) is 27.8 Å². The molecule has 5 heteroatoms. The van der Waals surface area contributed by atoms with Crippen molar-refractivity contribution in [2.45, 2.75) is 45.1 Å². The average molecular weight is 341 g/mol. The van der Waals surface area contributed by atoms with Gasteiger partial charge >= 0.3 is 0 Å². The molecule has 1 aromatic rings. The first kappa shape index (κ1) is 15.3. The highest BCUT2D eigenvalue weighted by atomic mass is 79.9. The molecule has 0 heterocycles. The molecule has 0 atom stereocenters. The van der Waals surface area contributed by atoms with Crippen molar-refractivity contribution in [3.05, 3.63) is 32.8 Å². The van der Waals surface area contributed by atoms with Gasteiger partial charge in [-0.1, -0.05) is 29.3 Å². The van der Waals surface area contributed by atoms with E-state index in [4.69, 9.17) is 0 Å². The second kappa shape index (κ2) is 6.57. The van der Waals surface area contributed by atoms with Gasteiger partial charge in [0.25, 0.3) is 5.69 Å². The molecule has 0 amide bonds. The molecule has 0 saturated heterocycles. The van der Waals surface area contributed by atoms with E-state index < -0.39 is 0 Å². The lowest BCUT2D eigenvalue weighted by Crippen LogP contribution is -2.35. The van der Waals surface area contributed by atoms with Crippen molar-refractivity contribution in [3.8, 4) is 0 Å². The number of hydrogen-bond donors (Lipinski definition) is 0. The molecule has 1 aliphatic rings. The van der Waals surface area contributed by atoms with Gasteiger partial charge in [-0.05, 0) is 43.7 Å². The second-order valence-corrected chi connectivity index (χ2v) is 6.50. The van der Waals surface area contributed by atoms with Crippen LogP contribution in [0.3, 0.4) is 0 Å². The maximum atomic E-state index is 11.2. The quantitative estimate of drug-likeness (QED) is 0.586. The number of anilines is 1. The van der Waals surface area contributed by atoms with Gasteiger partial charge in [0.05, 0.1) is 4.92 Å². The highest BCUT2D eigenvalue weighted by Crippen LogP contribution is 2.36. The van der Waals surface area contributed by atoms with Crippen LogP contribution in [-0.4, -0.2) is 18.0 Å². The molecule has 1 aliphatic carbocycles. The number of hydrogen-bond acceptors (Lipinski definition) is 3. The zero-order valence-corrected chi connectivity index (χ0v) is 13.6. The zero-order chi connectivity index (χ0) is 14.7. The highest BCUT2D eigenvalue weighted by molar-refractivity contribution is 9.10. The van der Waals surface area contributed by atoms with Crippen molar-refractivity contribution in [1.82, 2.24) is 0 Å². The van der Waals surface area contributed by atoms with Crippen LogP contribution in [-0.2, 0) is 0 Å². The van der Waals surface area contributed by atoms with Crippen molar-refractivity contribution in [2.24, 2.45) is 5.92 Å². The van der Waals surface area contributed by atoms with E-state index in [9.17, 15) is 10.1 Å². The number of nitrogens with zero attached hydrogens (tertiary/aromatic N) is 2. The Morgan fingerprint density at radius 2 is 2.00 bits per heavy atom. The van der Waals surface area contributed by atoms with Crippen LogP contribution in [0.4, 0.5) is 11.4 Å². The Morgan fingerprint density at radius 1 is 1.35 bits per heavy atom. The predicted molar refractivity (Wildman–Crippen MR) is 85.2 cm³/mol. The standard InChI is InChI=1S/C15H21BrN2O2/c1-3-11-4-7-13(8-5-11)17(2)14-9-6-12(16)10-15(14)18(19)20/h6,9-11,13H,3-5,7-8H2,1-2H3. The van der Waals surface area contributed by atoms with E-state index in [1.54, 1.807) is 6.07 Å². The molecule has 20 heavy (non-hydrogen) atoms. The van der Waals surface area contributed by atoms with E-state index in [0.717, 1.165) is 28.9 Å². The summed E-state index contributed by atoms with van der Waals surface area (Å²) in [5.74, 6) is 0.833. The monoisotopic (exact) mass is 340 g/mol. The normalized spacial score (nSPS) is 22.6. The van der Waals surface area contributed by atoms with Crippen molar-refractivity contribution < 1.29 is 4.92 Å². The lowest BCUT2D eigenvalue weighted by atomic mass is 9.84. The van der Waals surface area contributed by atoms with Crippen LogP contribution in [0, 0.1) is 16.0 Å². The molecule has 4 nitrogen and oxygen atoms in total. The van der Waals surface area contributed by atoms with E-state index >= 15 is 0 Å². The van der Waals surface area contributed by atoms with Crippen LogP contribution < -0.4 is 4.90 Å². The summed E-state index contributed by atoms with van der Waals surface area (Å²) in [5.41, 5.74) is 0.901. The third-order valence-corrected chi connectivity index (χ3v) is 4.95. The van der Waals surface area contributed by atoms with Gasteiger partial charge in [-0.2, -0.15) is 0 Å². The van der Waals surface area contributed by atoms with Crippen LogP contribution in [0.2, 0.25) is 0 Å². The maximum absolute atomic E-state index is 11.2. The van der Waals surface area contributed by atoms with Crippen molar-refractivity contribution in [3.63, 3.8) is 0 Å². The first-order valence-electron chi connectivity index (χ1n) is 7.19. The van der Waals surface area contributed by atoms with Crippen LogP contribution in [0.1, 0.15) is 39.0 Å². The summed E-state index contributed by atoms with van der Waals surface area (Å²) in [6.07, 6.45) is 5.96. The van der Waals surface area contributed by atoms with Gasteiger partial charge in [-0.15, -0.1) is 0 Å². The molecule has 110 valence electrons. The fraction of sp³-hybridized carbons (Fsp3) is 0.600. The first-order chi connectivity index (χ1) is 9.52. The topological polar surface area (TPSA) is 46.4 Å². The largest absolute Gasteiger partial charge is 0.366 e. The summed E-state index contributed by atoms with van der Waals surface area (Å²) >= 11 is 3.30. The summed E-state index contributed by atoms with van der Waals surface area (Å²) < 4.78 is 0.746. The molecule has 0 aromatic heterocycles. The van der Waals surface area contributed by atoms with Gasteiger partial charge < -0.3 is 4.90 Å². The maximum Gasteiger partial charge on any atom is 0.293 e. The van der Waals surface area contributed by atoms with Crippen molar-refractivity contribution in [1.29, 1.82) is 0 Å². The average Bonchev–Trinajstić information content (AvgIpc) is 2.46. The number of halogens is 1. The number of rotatable bonds is 4. The Hall–Kier alpha value is -1.10. The molecule has 1 saturated carbocycles. The molecule has 0 aliphatic heterocycles. The molecule has 2 rings (SSSR count). The number of nitro groups is 1. The third kappa shape index (κ3) is 3.32. The molecular weight excluding hydrogens is 320 g/mol. The number of benzene rings is 1. The van der Waals surface area contributed by atoms with E-state index in [1.807, 2.05) is 19.2 Å². The summed E-state index contributed by atoms with van der Waals surface area (Å²) in [6.45, 7) is 2.24. The Labute approximate surface area is 128 Å². The fourth-order valence-corrected chi connectivity index (χ4v) is 3.43. The van der Waals surface area contributed by atoms with Gasteiger partial charge in [0.1, 0.15) is 5.69 Å². The smallest absolute Gasteiger partial charge is 0.293 e. The minimum absolute atomic E-state index is 0.180. The number of nitro benzene ring substituents is 1. The minimum Gasteiger partial charge on any atom is -0.366 e. The van der Waals surface area contributed by atoms with E-state index in [0.29, 0.717) is 6.04 Å². The molecule has 0 N–H and O–H groups in total. The first-order valence-corrected chi connectivity index (χ1v) is 7.99. The highest BCUT2D eigenvalue weighted by Gasteiger charge is 2.27. The molecular formula is C15H21BrN2O2. The SMILES string of the molecule is CCC1CCC(N(C)c2ccc(Br)cc2[N+](=O)[O-])CC1. The molecule has 0 unspecified atom stereocenters. The predicted octanol–water partition coefficient (Wildman–Crippen LogP) is 4.76. The van der Waals surface area contributed by atoms with Gasteiger partial charge in [0.15, 0.2) is 0 Å². The molecule has 0 radical (unpaired) electrons. The summed E-state index contributed by atoms with van der Waals surface area (Å²) in [4.78, 5) is 13.0. The Balaban J connectivity index is 2.17. The minimum atomic E-state index is -0.297. The van der Waals surface area contributed by atoms with Gasteiger partial charge in [-0.25, -0.2) is 0 Å². The molecule has 0 bridgehead atoms. The van der Waals surface area contributed by atoms with Crippen LogP contribution in [0.25, 0.3) is 0 Å². The van der Waals surface area contributed by atoms with Crippen LogP contribution in [0.15, 0.2) is 22.7 Å².